The zero-order chi connectivity index (χ0) is 50.6. The average Bonchev–Trinajstić information content (AvgIpc) is 3.31. The normalized spacial score (nSPS) is 13.2. The molecule has 388 valence electrons. The lowest BCUT2D eigenvalue weighted by Crippen LogP contribution is -2.47. The molecular formula is C50H87N7O10S. The summed E-state index contributed by atoms with van der Waals surface area (Å²) < 4.78 is 27.6. The summed E-state index contributed by atoms with van der Waals surface area (Å²) in [6.45, 7) is 2.53. The highest BCUT2D eigenvalue weighted by atomic mass is 32.2. The largest absolute Gasteiger partial charge is 0.508 e. The fraction of sp³-hybridized carbons (Fsp3) is 0.740. The van der Waals surface area contributed by atoms with Crippen LogP contribution in [0, 0.1) is 11.8 Å². The maximum atomic E-state index is 14.1. The third-order valence-corrected chi connectivity index (χ3v) is 13.7. The minimum atomic E-state index is -3.70. The number of Topliss-reactive ketones (excluding diaryl/α,β-unsaturated/α-hetero) is 3. The van der Waals surface area contributed by atoms with Crippen LogP contribution in [0.3, 0.4) is 0 Å². The number of nitrogens with two attached hydrogens (primary N) is 3. The van der Waals surface area contributed by atoms with Gasteiger partial charge in [0.2, 0.25) is 33.7 Å². The summed E-state index contributed by atoms with van der Waals surface area (Å²) >= 11 is 0. The number of carbonyl (C=O) groups is 7. The summed E-state index contributed by atoms with van der Waals surface area (Å²) in [7, 11) is -2.22. The Kier molecular flexibility index (Phi) is 34.2. The molecule has 0 fully saturated rings. The van der Waals surface area contributed by atoms with Gasteiger partial charge in [0.15, 0.2) is 11.6 Å². The SMILES string of the molecule is CCCCCCCCCCCCCCCCS(=O)(=O)NCC(=O)CCC(=O)N[C@@H](Cc1ccc(O)cc1)C(=O)C[C@@H](CCC(N)=O)C(=O)N[C@@H](CCCCN)C(=O)C[C@@H](CCCCN)C(=O)NC. The molecule has 4 amide bonds. The molecule has 0 spiro atoms. The van der Waals surface area contributed by atoms with Gasteiger partial charge in [0, 0.05) is 51.0 Å². The first-order valence-electron chi connectivity index (χ1n) is 25.4. The third kappa shape index (κ3) is 30.3. The molecule has 0 heterocycles. The van der Waals surface area contributed by atoms with Gasteiger partial charge in [-0.05, 0) is 82.2 Å². The second-order valence-corrected chi connectivity index (χ2v) is 20.2. The number of sulfonamides is 1. The maximum Gasteiger partial charge on any atom is 0.224 e. The van der Waals surface area contributed by atoms with Gasteiger partial charge < -0.3 is 38.3 Å². The van der Waals surface area contributed by atoms with Crippen LogP contribution in [0.2, 0.25) is 0 Å². The number of phenolic OH excluding ortho intramolecular Hbond substituents is 1. The van der Waals surface area contributed by atoms with Crippen molar-refractivity contribution in [2.75, 3.05) is 32.4 Å². The summed E-state index contributed by atoms with van der Waals surface area (Å²) in [6.07, 6.45) is 17.3. The van der Waals surface area contributed by atoms with Crippen LogP contribution in [0.15, 0.2) is 24.3 Å². The molecule has 0 aliphatic heterocycles. The highest BCUT2D eigenvalue weighted by molar-refractivity contribution is 7.89. The van der Waals surface area contributed by atoms with Gasteiger partial charge in [0.1, 0.15) is 11.5 Å². The molecule has 1 aromatic carbocycles. The molecule has 0 bridgehead atoms. The van der Waals surface area contributed by atoms with Crippen LogP contribution in [-0.4, -0.2) is 99.0 Å². The first-order valence-corrected chi connectivity index (χ1v) is 27.0. The highest BCUT2D eigenvalue weighted by Gasteiger charge is 2.32. The monoisotopic (exact) mass is 978 g/mol. The number of ketones is 3. The van der Waals surface area contributed by atoms with Crippen molar-refractivity contribution < 1.29 is 47.1 Å². The van der Waals surface area contributed by atoms with Crippen molar-refractivity contribution in [3.63, 3.8) is 0 Å². The molecule has 17 nitrogen and oxygen atoms in total. The number of nitrogens with one attached hydrogen (secondary N) is 4. The molecule has 0 radical (unpaired) electrons. The molecule has 0 aromatic heterocycles. The number of hydrogen-bond acceptors (Lipinski definition) is 12. The molecule has 0 saturated heterocycles. The minimum Gasteiger partial charge on any atom is -0.508 e. The Balaban J connectivity index is 2.91. The number of primary amides is 1. The van der Waals surface area contributed by atoms with Gasteiger partial charge >= 0.3 is 0 Å². The number of unbranched alkanes of at least 4 members (excludes halogenated alkanes) is 15. The number of amides is 4. The molecule has 18 heteroatoms. The Bertz CT molecular complexity index is 1750. The van der Waals surface area contributed by atoms with E-state index < -0.39 is 76.2 Å². The van der Waals surface area contributed by atoms with E-state index in [1.54, 1.807) is 12.1 Å². The van der Waals surface area contributed by atoms with E-state index in [4.69, 9.17) is 17.2 Å². The number of carbonyl (C=O) groups excluding carboxylic acids is 7. The van der Waals surface area contributed by atoms with Crippen LogP contribution < -0.4 is 37.9 Å². The van der Waals surface area contributed by atoms with Crippen molar-refractivity contribution in [1.29, 1.82) is 0 Å². The number of rotatable bonds is 44. The Labute approximate surface area is 406 Å². The van der Waals surface area contributed by atoms with E-state index in [9.17, 15) is 47.1 Å². The van der Waals surface area contributed by atoms with Crippen molar-refractivity contribution in [3.05, 3.63) is 29.8 Å². The fourth-order valence-electron chi connectivity index (χ4n) is 8.04. The van der Waals surface area contributed by atoms with Crippen molar-refractivity contribution in [2.24, 2.45) is 29.0 Å². The summed E-state index contributed by atoms with van der Waals surface area (Å²) in [6, 6.07) is 3.73. The smallest absolute Gasteiger partial charge is 0.224 e. The Morgan fingerprint density at radius 1 is 0.603 bits per heavy atom. The fourth-order valence-corrected chi connectivity index (χ4v) is 9.15. The molecule has 1 aromatic rings. The van der Waals surface area contributed by atoms with E-state index in [2.05, 4.69) is 27.6 Å². The van der Waals surface area contributed by atoms with Crippen LogP contribution in [0.4, 0.5) is 0 Å². The predicted molar refractivity (Wildman–Crippen MR) is 267 cm³/mol. The number of aromatic hydroxyl groups is 1. The minimum absolute atomic E-state index is 0.0228. The molecule has 11 N–H and O–H groups in total. The van der Waals surface area contributed by atoms with E-state index in [0.29, 0.717) is 57.2 Å². The molecule has 0 unspecified atom stereocenters. The van der Waals surface area contributed by atoms with Gasteiger partial charge in [-0.25, -0.2) is 13.1 Å². The maximum absolute atomic E-state index is 14.1. The van der Waals surface area contributed by atoms with E-state index in [1.165, 1.54) is 77.0 Å². The zero-order valence-corrected chi connectivity index (χ0v) is 42.1. The molecule has 0 aliphatic carbocycles. The van der Waals surface area contributed by atoms with Crippen LogP contribution in [0.1, 0.15) is 179 Å². The standard InChI is InChI=1S/C50H87N7O10S/c1-3-4-5-6-7-8-9-10-11-12-13-14-15-20-33-68(66,67)55-37-42(59)28-30-48(63)56-44(34-38-23-26-41(58)27-24-38)46(61)36-40(25-29-47(53)62)50(65)57-43(22-17-19-32-52)45(60)35-39(49(64)54-2)21-16-18-31-51/h23-24,26-27,39-40,43-44,55,58H,3-22,25,28-37,51-52H2,1-2H3,(H2,53,62)(H,54,64)(H,56,63)(H,57,65)/t39-,40-,43+,44+/m1/s1. The summed E-state index contributed by atoms with van der Waals surface area (Å²) in [5, 5.41) is 17.9. The van der Waals surface area contributed by atoms with Gasteiger partial charge in [-0.1, -0.05) is 109 Å². The Morgan fingerprint density at radius 2 is 1.12 bits per heavy atom. The van der Waals surface area contributed by atoms with Gasteiger partial charge in [0.05, 0.1) is 24.4 Å². The number of hydrogen-bond donors (Lipinski definition) is 8. The molecule has 0 saturated carbocycles. The summed E-state index contributed by atoms with van der Waals surface area (Å²) in [5.74, 6) is -5.75. The number of benzene rings is 1. The Hall–Kier alpha value is -4.26. The summed E-state index contributed by atoms with van der Waals surface area (Å²) in [4.78, 5) is 92.4. The van der Waals surface area contributed by atoms with Crippen LogP contribution >= 0.6 is 0 Å². The topological polar surface area (TPSA) is 300 Å². The molecule has 68 heavy (non-hydrogen) atoms. The molecule has 0 aliphatic rings. The van der Waals surface area contributed by atoms with Gasteiger partial charge in [0.25, 0.3) is 0 Å². The zero-order valence-electron chi connectivity index (χ0n) is 41.3. The van der Waals surface area contributed by atoms with Crippen molar-refractivity contribution in [2.45, 2.75) is 192 Å². The van der Waals surface area contributed by atoms with E-state index >= 15 is 0 Å². The summed E-state index contributed by atoms with van der Waals surface area (Å²) in [5.41, 5.74) is 17.4. The molecule has 1 rings (SSSR count). The second-order valence-electron chi connectivity index (χ2n) is 18.2. The molecule has 4 atom stereocenters. The van der Waals surface area contributed by atoms with Gasteiger partial charge in [-0.3, -0.25) is 33.6 Å². The predicted octanol–water partition coefficient (Wildman–Crippen LogP) is 5.07. The van der Waals surface area contributed by atoms with Crippen molar-refractivity contribution >= 4 is 51.0 Å². The molecular weight excluding hydrogens is 891 g/mol. The lowest BCUT2D eigenvalue weighted by atomic mass is 9.89. The van der Waals surface area contributed by atoms with E-state index in [0.717, 1.165) is 25.7 Å². The van der Waals surface area contributed by atoms with Gasteiger partial charge in [-0.15, -0.1) is 0 Å². The van der Waals surface area contributed by atoms with Crippen LogP contribution in [0.25, 0.3) is 0 Å². The lowest BCUT2D eigenvalue weighted by Gasteiger charge is -2.25. The Morgan fingerprint density at radius 3 is 1.65 bits per heavy atom. The van der Waals surface area contributed by atoms with Crippen LogP contribution in [0.5, 0.6) is 5.75 Å². The second kappa shape index (κ2) is 37.6. The van der Waals surface area contributed by atoms with Gasteiger partial charge in [-0.2, -0.15) is 0 Å². The first-order chi connectivity index (χ1) is 32.5. The van der Waals surface area contributed by atoms with Crippen LogP contribution in [-0.2, 0) is 50.0 Å². The third-order valence-electron chi connectivity index (χ3n) is 12.3. The average molecular weight is 978 g/mol. The van der Waals surface area contributed by atoms with Crippen molar-refractivity contribution in [1.82, 2.24) is 20.7 Å². The first kappa shape index (κ1) is 61.8. The highest BCUT2D eigenvalue weighted by Crippen LogP contribution is 2.21. The lowest BCUT2D eigenvalue weighted by molar-refractivity contribution is -0.135. The quantitative estimate of drug-likeness (QED) is 0.0398. The van der Waals surface area contributed by atoms with Crippen molar-refractivity contribution in [3.8, 4) is 5.75 Å². The number of phenols is 1. The van der Waals surface area contributed by atoms with E-state index in [1.807, 2.05) is 0 Å². The van der Waals surface area contributed by atoms with E-state index in [-0.39, 0.29) is 68.1 Å².